The Morgan fingerprint density at radius 2 is 1.63 bits per heavy atom. The topological polar surface area (TPSA) is 26.3 Å². The van der Waals surface area contributed by atoms with Gasteiger partial charge in [-0.25, -0.2) is 0 Å². The van der Waals surface area contributed by atoms with Crippen molar-refractivity contribution in [2.45, 2.75) is 83.8 Å². The lowest BCUT2D eigenvalue weighted by Crippen LogP contribution is -2.57. The van der Waals surface area contributed by atoms with Gasteiger partial charge in [0.15, 0.2) is 0 Å². The van der Waals surface area contributed by atoms with E-state index in [-0.39, 0.29) is 11.5 Å². The van der Waals surface area contributed by atoms with Gasteiger partial charge < -0.3 is 4.74 Å². The molecule has 3 unspecified atom stereocenters. The Balaban J connectivity index is 1.62. The Kier molecular flexibility index (Phi) is 3.72. The highest BCUT2D eigenvalue weighted by atomic mass is 16.5. The minimum atomic E-state index is -0.0534. The van der Waals surface area contributed by atoms with E-state index in [9.17, 15) is 4.79 Å². The Bertz CT molecular complexity index is 333. The molecule has 0 aliphatic heterocycles. The first-order valence-electron chi connectivity index (χ1n) is 8.29. The number of hydrogen-bond acceptors (Lipinski definition) is 2. The summed E-state index contributed by atoms with van der Waals surface area (Å²) < 4.78 is 6.41. The zero-order valence-electron chi connectivity index (χ0n) is 12.5. The number of ketones is 1. The van der Waals surface area contributed by atoms with Crippen molar-refractivity contribution in [1.29, 1.82) is 0 Å². The number of Topliss-reactive ketones (excluding diaryl/α,β-unsaturated/α-hetero) is 1. The first kappa shape index (κ1) is 13.6. The van der Waals surface area contributed by atoms with E-state index in [4.69, 9.17) is 4.74 Å². The molecule has 0 radical (unpaired) electrons. The van der Waals surface area contributed by atoms with Gasteiger partial charge in [-0.2, -0.15) is 0 Å². The molecule has 3 atom stereocenters. The van der Waals surface area contributed by atoms with Crippen LogP contribution in [0.1, 0.15) is 71.6 Å². The fourth-order valence-corrected chi connectivity index (χ4v) is 4.79. The molecule has 19 heavy (non-hydrogen) atoms. The van der Waals surface area contributed by atoms with Crippen molar-refractivity contribution in [3.8, 4) is 0 Å². The number of carbonyl (C=O) groups excluding carboxylic acids is 1. The third-order valence-corrected chi connectivity index (χ3v) is 5.78. The van der Waals surface area contributed by atoms with Gasteiger partial charge >= 0.3 is 0 Å². The van der Waals surface area contributed by atoms with Crippen LogP contribution >= 0.6 is 0 Å². The molecule has 0 bridgehead atoms. The van der Waals surface area contributed by atoms with Gasteiger partial charge in [-0.1, -0.05) is 33.1 Å². The van der Waals surface area contributed by atoms with Crippen LogP contribution < -0.4 is 0 Å². The predicted octanol–water partition coefficient (Wildman–Crippen LogP) is 4.12. The summed E-state index contributed by atoms with van der Waals surface area (Å²) in [4.78, 5) is 12.1. The van der Waals surface area contributed by atoms with E-state index < -0.39 is 0 Å². The zero-order chi connectivity index (χ0) is 13.5. The second kappa shape index (κ2) is 5.20. The Morgan fingerprint density at radius 1 is 1.00 bits per heavy atom. The highest BCUT2D eigenvalue weighted by Gasteiger charge is 2.56. The molecule has 0 amide bonds. The summed E-state index contributed by atoms with van der Waals surface area (Å²) in [6.07, 6.45) is 11.0. The fourth-order valence-electron chi connectivity index (χ4n) is 4.79. The summed E-state index contributed by atoms with van der Waals surface area (Å²) in [5, 5.41) is 0. The maximum Gasteiger partial charge on any atom is 0.144 e. The Hall–Kier alpha value is -0.370. The average Bonchev–Trinajstić information content (AvgIpc) is 2.38. The van der Waals surface area contributed by atoms with E-state index in [0.29, 0.717) is 18.3 Å². The Morgan fingerprint density at radius 3 is 2.21 bits per heavy atom. The van der Waals surface area contributed by atoms with Gasteiger partial charge in [0, 0.05) is 6.42 Å². The molecule has 3 aliphatic rings. The molecular formula is C17H28O2. The average molecular weight is 264 g/mol. The summed E-state index contributed by atoms with van der Waals surface area (Å²) in [6.45, 7) is 4.68. The van der Waals surface area contributed by atoms with Crippen molar-refractivity contribution in [2.24, 2.45) is 17.3 Å². The van der Waals surface area contributed by atoms with E-state index in [0.717, 1.165) is 24.7 Å². The number of carbonyl (C=O) groups is 1. The van der Waals surface area contributed by atoms with Crippen molar-refractivity contribution in [3.05, 3.63) is 0 Å². The van der Waals surface area contributed by atoms with Gasteiger partial charge in [0.1, 0.15) is 5.78 Å². The third-order valence-electron chi connectivity index (χ3n) is 5.78. The molecule has 0 heterocycles. The molecule has 0 aromatic heterocycles. The van der Waals surface area contributed by atoms with E-state index in [1.807, 2.05) is 0 Å². The number of rotatable bonds is 2. The van der Waals surface area contributed by atoms with Gasteiger partial charge in [-0.15, -0.1) is 0 Å². The SMILES string of the molecule is CC1CC(C)CC(OC2CC(=O)C23CCCCC3)C1. The van der Waals surface area contributed by atoms with Crippen LogP contribution in [0.3, 0.4) is 0 Å². The maximum absolute atomic E-state index is 12.1. The van der Waals surface area contributed by atoms with Crippen LogP contribution in [0.4, 0.5) is 0 Å². The molecule has 0 aromatic carbocycles. The van der Waals surface area contributed by atoms with Crippen LogP contribution in [0.25, 0.3) is 0 Å². The largest absolute Gasteiger partial charge is 0.373 e. The van der Waals surface area contributed by atoms with Crippen molar-refractivity contribution >= 4 is 5.78 Å². The molecule has 0 saturated heterocycles. The summed E-state index contributed by atoms with van der Waals surface area (Å²) in [5.41, 5.74) is -0.0534. The zero-order valence-corrected chi connectivity index (χ0v) is 12.5. The highest BCUT2D eigenvalue weighted by molar-refractivity contribution is 5.92. The van der Waals surface area contributed by atoms with E-state index >= 15 is 0 Å². The minimum absolute atomic E-state index is 0.0534. The van der Waals surface area contributed by atoms with Crippen molar-refractivity contribution in [1.82, 2.24) is 0 Å². The molecule has 1 spiro atoms. The van der Waals surface area contributed by atoms with Crippen molar-refractivity contribution in [3.63, 3.8) is 0 Å². The second-order valence-electron chi connectivity index (χ2n) is 7.51. The molecule has 2 heteroatoms. The maximum atomic E-state index is 12.1. The van der Waals surface area contributed by atoms with Crippen LogP contribution in [0.2, 0.25) is 0 Å². The van der Waals surface area contributed by atoms with Gasteiger partial charge in [0.25, 0.3) is 0 Å². The number of hydrogen-bond donors (Lipinski definition) is 0. The smallest absolute Gasteiger partial charge is 0.144 e. The van der Waals surface area contributed by atoms with Crippen molar-refractivity contribution in [2.75, 3.05) is 0 Å². The fraction of sp³-hybridized carbons (Fsp3) is 0.941. The monoisotopic (exact) mass is 264 g/mol. The first-order chi connectivity index (χ1) is 9.10. The summed E-state index contributed by atoms with van der Waals surface area (Å²) >= 11 is 0. The lowest BCUT2D eigenvalue weighted by Gasteiger charge is -2.51. The molecule has 3 saturated carbocycles. The van der Waals surface area contributed by atoms with Crippen LogP contribution in [0.15, 0.2) is 0 Å². The molecule has 108 valence electrons. The van der Waals surface area contributed by atoms with Crippen LogP contribution in [-0.2, 0) is 9.53 Å². The molecule has 3 fully saturated rings. The first-order valence-corrected chi connectivity index (χ1v) is 8.29. The third kappa shape index (κ3) is 2.49. The standard InChI is InChI=1S/C17H28O2/c1-12-8-13(2)10-14(9-12)19-16-11-15(18)17(16)6-4-3-5-7-17/h12-14,16H,3-11H2,1-2H3. The molecule has 3 aliphatic carbocycles. The lowest BCUT2D eigenvalue weighted by atomic mass is 9.57. The number of ether oxygens (including phenoxy) is 1. The highest BCUT2D eigenvalue weighted by Crippen LogP contribution is 2.51. The van der Waals surface area contributed by atoms with E-state index in [1.165, 1.54) is 38.5 Å². The van der Waals surface area contributed by atoms with Gasteiger partial charge in [-0.3, -0.25) is 4.79 Å². The predicted molar refractivity (Wildman–Crippen MR) is 76.0 cm³/mol. The summed E-state index contributed by atoms with van der Waals surface area (Å²) in [5.74, 6) is 2.06. The molecular weight excluding hydrogens is 236 g/mol. The van der Waals surface area contributed by atoms with Gasteiger partial charge in [-0.05, 0) is 43.9 Å². The molecule has 3 rings (SSSR count). The van der Waals surface area contributed by atoms with Gasteiger partial charge in [0.05, 0.1) is 17.6 Å². The summed E-state index contributed by atoms with van der Waals surface area (Å²) in [7, 11) is 0. The van der Waals surface area contributed by atoms with Crippen LogP contribution in [0, 0.1) is 17.3 Å². The van der Waals surface area contributed by atoms with Crippen LogP contribution in [0.5, 0.6) is 0 Å². The van der Waals surface area contributed by atoms with E-state index in [2.05, 4.69) is 13.8 Å². The lowest BCUT2D eigenvalue weighted by molar-refractivity contribution is -0.182. The second-order valence-corrected chi connectivity index (χ2v) is 7.51. The molecule has 0 aromatic rings. The summed E-state index contributed by atoms with van der Waals surface area (Å²) in [6, 6.07) is 0. The normalized spacial score (nSPS) is 42.1. The van der Waals surface area contributed by atoms with Crippen molar-refractivity contribution < 1.29 is 9.53 Å². The molecule has 0 N–H and O–H groups in total. The minimum Gasteiger partial charge on any atom is -0.373 e. The van der Waals surface area contributed by atoms with Gasteiger partial charge in [0.2, 0.25) is 0 Å². The van der Waals surface area contributed by atoms with E-state index in [1.54, 1.807) is 0 Å². The molecule has 2 nitrogen and oxygen atoms in total. The van der Waals surface area contributed by atoms with Crippen LogP contribution in [-0.4, -0.2) is 18.0 Å². The Labute approximate surface area is 117 Å². The quantitative estimate of drug-likeness (QED) is 0.750.